The van der Waals surface area contributed by atoms with E-state index in [1.54, 1.807) is 0 Å². The van der Waals surface area contributed by atoms with Gasteiger partial charge in [-0.15, -0.1) is 0 Å². The number of quaternary nitrogens is 1. The Bertz CT molecular complexity index is 549. The van der Waals surface area contributed by atoms with Crippen LogP contribution in [0.5, 0.6) is 0 Å². The van der Waals surface area contributed by atoms with Crippen LogP contribution in [0.3, 0.4) is 0 Å². The summed E-state index contributed by atoms with van der Waals surface area (Å²) in [6.07, 6.45) is 1.98. The quantitative estimate of drug-likeness (QED) is 0.561. The minimum Gasteiger partial charge on any atom is -1.00 e. The summed E-state index contributed by atoms with van der Waals surface area (Å²) in [5, 5.41) is 2.66. The fourth-order valence-corrected chi connectivity index (χ4v) is 2.23. The molecule has 3 rings (SSSR count). The Labute approximate surface area is 112 Å². The summed E-state index contributed by atoms with van der Waals surface area (Å²) in [7, 11) is 2.17. The Balaban J connectivity index is 0.000000963. The molecule has 0 radical (unpaired) electrons. The molecule has 2 aromatic rings. The molecule has 1 aliphatic rings. The van der Waals surface area contributed by atoms with Crippen LogP contribution >= 0.6 is 0 Å². The van der Waals surface area contributed by atoms with Crippen LogP contribution in [0.4, 0.5) is 5.69 Å². The van der Waals surface area contributed by atoms with Gasteiger partial charge in [-0.05, 0) is 17.5 Å². The summed E-state index contributed by atoms with van der Waals surface area (Å²) in [5.74, 6) is 0. The number of hydrogen-bond acceptors (Lipinski definition) is 1. The van der Waals surface area contributed by atoms with Crippen LogP contribution in [0.2, 0.25) is 0 Å². The topological polar surface area (TPSA) is 16.8 Å². The number of rotatable bonds is 0. The van der Waals surface area contributed by atoms with Crippen LogP contribution in [0.25, 0.3) is 10.8 Å². The number of nitrogens with one attached hydrogen (secondary N) is 1. The van der Waals surface area contributed by atoms with Gasteiger partial charge in [0.15, 0.2) is 6.67 Å². The van der Waals surface area contributed by atoms with Gasteiger partial charge in [-0.2, -0.15) is 0 Å². The number of benzene rings is 2. The third-order valence-electron chi connectivity index (χ3n) is 2.95. The summed E-state index contributed by atoms with van der Waals surface area (Å²) in [5.41, 5.74) is 2.63. The molecule has 82 valence electrons. The molecule has 2 nitrogen and oxygen atoms in total. The SMILES string of the molecule is C[NH+]1CN=Cc2ccc3ccccc3c21.[I-]. The molecule has 16 heavy (non-hydrogen) atoms. The minimum atomic E-state index is 0. The van der Waals surface area contributed by atoms with E-state index in [2.05, 4.69) is 48.4 Å². The van der Waals surface area contributed by atoms with Gasteiger partial charge in [0.25, 0.3) is 0 Å². The number of hydrogen-bond donors (Lipinski definition) is 1. The first kappa shape index (κ1) is 11.5. The van der Waals surface area contributed by atoms with E-state index in [1.165, 1.54) is 26.9 Å². The molecule has 2 aromatic carbocycles. The second-order valence-corrected chi connectivity index (χ2v) is 4.00. The van der Waals surface area contributed by atoms with E-state index < -0.39 is 0 Å². The monoisotopic (exact) mass is 324 g/mol. The maximum atomic E-state index is 4.34. The van der Waals surface area contributed by atoms with Crippen molar-refractivity contribution in [3.8, 4) is 0 Å². The standard InChI is InChI=1S/C13H12N2.HI/c1-15-9-14-8-11-7-6-10-4-2-3-5-12(10)13(11)15;/h2-8H,9H2,1H3;1H. The van der Waals surface area contributed by atoms with E-state index in [0.29, 0.717) is 0 Å². The molecule has 0 amide bonds. The van der Waals surface area contributed by atoms with Crippen LogP contribution in [0, 0.1) is 0 Å². The van der Waals surface area contributed by atoms with Crippen molar-refractivity contribution in [2.45, 2.75) is 0 Å². The molecular weight excluding hydrogens is 311 g/mol. The molecule has 0 aliphatic carbocycles. The fraction of sp³-hybridized carbons (Fsp3) is 0.154. The zero-order valence-electron chi connectivity index (χ0n) is 9.07. The second-order valence-electron chi connectivity index (χ2n) is 4.00. The smallest absolute Gasteiger partial charge is 0.175 e. The molecule has 0 fully saturated rings. The lowest BCUT2D eigenvalue weighted by molar-refractivity contribution is -0.808. The third kappa shape index (κ3) is 1.74. The molecule has 1 aliphatic heterocycles. The average molecular weight is 324 g/mol. The first-order chi connectivity index (χ1) is 7.36. The van der Waals surface area contributed by atoms with Gasteiger partial charge in [0.2, 0.25) is 0 Å². The van der Waals surface area contributed by atoms with Crippen molar-refractivity contribution in [1.82, 2.24) is 0 Å². The zero-order chi connectivity index (χ0) is 10.3. The Morgan fingerprint density at radius 2 is 1.94 bits per heavy atom. The van der Waals surface area contributed by atoms with Crippen molar-refractivity contribution < 1.29 is 28.9 Å². The Morgan fingerprint density at radius 3 is 2.81 bits per heavy atom. The molecule has 1 atom stereocenters. The normalized spacial score (nSPS) is 17.9. The van der Waals surface area contributed by atoms with E-state index in [0.717, 1.165) is 6.67 Å². The average Bonchev–Trinajstić information content (AvgIpc) is 2.29. The summed E-state index contributed by atoms with van der Waals surface area (Å²) in [4.78, 5) is 5.71. The molecular formula is C13H13IN2. The molecule has 0 aromatic heterocycles. The Kier molecular flexibility index (Phi) is 3.25. The van der Waals surface area contributed by atoms with Gasteiger partial charge in [-0.25, -0.2) is 4.99 Å². The summed E-state index contributed by atoms with van der Waals surface area (Å²) in [6.45, 7) is 0.834. The van der Waals surface area contributed by atoms with Gasteiger partial charge in [0.05, 0.1) is 12.6 Å². The molecule has 0 saturated heterocycles. The molecule has 0 saturated carbocycles. The van der Waals surface area contributed by atoms with E-state index in [-0.39, 0.29) is 24.0 Å². The van der Waals surface area contributed by atoms with Gasteiger partial charge in [0, 0.05) is 11.6 Å². The second kappa shape index (κ2) is 4.51. The Hall–Kier alpha value is -0.940. The summed E-state index contributed by atoms with van der Waals surface area (Å²) < 4.78 is 0. The lowest BCUT2D eigenvalue weighted by Crippen LogP contribution is -3.04. The fourth-order valence-electron chi connectivity index (χ4n) is 2.23. The highest BCUT2D eigenvalue weighted by molar-refractivity contribution is 6.00. The molecule has 0 spiro atoms. The maximum Gasteiger partial charge on any atom is 0.175 e. The zero-order valence-corrected chi connectivity index (χ0v) is 11.2. The number of fused-ring (bicyclic) bond motifs is 3. The lowest BCUT2D eigenvalue weighted by Gasteiger charge is -2.19. The van der Waals surface area contributed by atoms with Crippen LogP contribution in [0.15, 0.2) is 41.4 Å². The van der Waals surface area contributed by atoms with Crippen molar-refractivity contribution in [1.29, 1.82) is 0 Å². The van der Waals surface area contributed by atoms with Gasteiger partial charge >= 0.3 is 0 Å². The molecule has 3 heteroatoms. The number of aliphatic imine (C=N–C) groups is 1. The van der Waals surface area contributed by atoms with Crippen LogP contribution < -0.4 is 28.9 Å². The summed E-state index contributed by atoms with van der Waals surface area (Å²) >= 11 is 0. The predicted molar refractivity (Wildman–Crippen MR) is 63.0 cm³/mol. The van der Waals surface area contributed by atoms with Gasteiger partial charge in [-0.3, -0.25) is 4.90 Å². The van der Waals surface area contributed by atoms with E-state index in [9.17, 15) is 0 Å². The predicted octanol–water partition coefficient (Wildman–Crippen LogP) is -1.62. The van der Waals surface area contributed by atoms with E-state index in [1.807, 2.05) is 6.21 Å². The van der Waals surface area contributed by atoms with Crippen molar-refractivity contribution in [3.63, 3.8) is 0 Å². The number of halogens is 1. The van der Waals surface area contributed by atoms with Crippen molar-refractivity contribution >= 4 is 22.7 Å². The highest BCUT2D eigenvalue weighted by Crippen LogP contribution is 2.24. The highest BCUT2D eigenvalue weighted by atomic mass is 127. The lowest BCUT2D eigenvalue weighted by atomic mass is 10.0. The first-order valence-electron chi connectivity index (χ1n) is 5.20. The van der Waals surface area contributed by atoms with E-state index >= 15 is 0 Å². The van der Waals surface area contributed by atoms with Gasteiger partial charge in [-0.1, -0.05) is 24.3 Å². The van der Waals surface area contributed by atoms with Crippen molar-refractivity contribution in [2.24, 2.45) is 4.99 Å². The van der Waals surface area contributed by atoms with Crippen LogP contribution in [0.1, 0.15) is 5.56 Å². The van der Waals surface area contributed by atoms with Crippen LogP contribution in [-0.2, 0) is 0 Å². The third-order valence-corrected chi connectivity index (χ3v) is 2.95. The molecule has 1 unspecified atom stereocenters. The largest absolute Gasteiger partial charge is 1.00 e. The van der Waals surface area contributed by atoms with Gasteiger partial charge < -0.3 is 24.0 Å². The summed E-state index contributed by atoms with van der Waals surface area (Å²) in [6, 6.07) is 12.9. The first-order valence-corrected chi connectivity index (χ1v) is 5.20. The van der Waals surface area contributed by atoms with Gasteiger partial charge in [0.1, 0.15) is 5.69 Å². The molecule has 1 heterocycles. The Morgan fingerprint density at radius 1 is 1.12 bits per heavy atom. The van der Waals surface area contributed by atoms with Crippen molar-refractivity contribution in [2.75, 3.05) is 13.7 Å². The van der Waals surface area contributed by atoms with E-state index in [4.69, 9.17) is 0 Å². The minimum absolute atomic E-state index is 0. The highest BCUT2D eigenvalue weighted by Gasteiger charge is 2.17. The van der Waals surface area contributed by atoms with Crippen molar-refractivity contribution in [3.05, 3.63) is 42.0 Å². The maximum absolute atomic E-state index is 4.34. The van der Waals surface area contributed by atoms with Crippen LogP contribution in [-0.4, -0.2) is 19.9 Å². The molecule has 0 bridgehead atoms. The number of nitrogens with zero attached hydrogens (tertiary/aromatic N) is 1. The molecule has 1 N–H and O–H groups in total.